The fraction of sp³-hybridized carbons (Fsp3) is 0.143. The predicted octanol–water partition coefficient (Wildman–Crippen LogP) is 3.99. The summed E-state index contributed by atoms with van der Waals surface area (Å²) in [5.41, 5.74) is 1.10. The van der Waals surface area contributed by atoms with Crippen molar-refractivity contribution < 1.29 is 9.59 Å². The van der Waals surface area contributed by atoms with Gasteiger partial charge < -0.3 is 5.32 Å². The number of amides is 2. The van der Waals surface area contributed by atoms with E-state index < -0.39 is 0 Å². The van der Waals surface area contributed by atoms with Crippen LogP contribution in [0.4, 0.5) is 10.8 Å². The molecule has 0 bridgehead atoms. The van der Waals surface area contributed by atoms with E-state index in [4.69, 9.17) is 23.2 Å². The van der Waals surface area contributed by atoms with Gasteiger partial charge in [-0.15, -0.1) is 15.3 Å². The maximum Gasteiger partial charge on any atom is 0.271 e. The van der Waals surface area contributed by atoms with E-state index in [2.05, 4.69) is 30.4 Å². The molecule has 3 aromatic rings. The fourth-order valence-corrected chi connectivity index (χ4v) is 4.21. The molecule has 0 aliphatic carbocycles. The maximum absolute atomic E-state index is 12.1. The Morgan fingerprint density at radius 1 is 1.15 bits per heavy atom. The molecule has 13 heteroatoms. The predicted molar refractivity (Wildman–Crippen MR) is 108 cm³/mol. The van der Waals surface area contributed by atoms with Crippen LogP contribution in [0.1, 0.15) is 15.4 Å². The largest absolute Gasteiger partial charge is 0.325 e. The fourth-order valence-electron chi connectivity index (χ4n) is 1.81. The number of thioether (sulfide) groups is 1. The van der Waals surface area contributed by atoms with Crippen LogP contribution in [0.5, 0.6) is 0 Å². The van der Waals surface area contributed by atoms with E-state index in [1.165, 1.54) is 23.1 Å². The molecule has 2 amide bonds. The SMILES string of the molecule is Cc1nnsc1C(=O)Nc1nnc(SCC(=O)Nc2ccc(Cl)c(Cl)c2)s1. The highest BCUT2D eigenvalue weighted by Crippen LogP contribution is 2.27. The number of aryl methyl sites for hydroxylation is 1. The molecular formula is C14H10Cl2N6O2S3. The van der Waals surface area contributed by atoms with Crippen molar-refractivity contribution in [1.82, 2.24) is 19.8 Å². The van der Waals surface area contributed by atoms with Crippen LogP contribution >= 0.6 is 57.8 Å². The number of nitrogens with one attached hydrogen (secondary N) is 2. The van der Waals surface area contributed by atoms with Crippen molar-refractivity contribution in [1.29, 1.82) is 0 Å². The Morgan fingerprint density at radius 2 is 1.96 bits per heavy atom. The molecule has 0 atom stereocenters. The molecule has 3 rings (SSSR count). The molecule has 0 radical (unpaired) electrons. The molecule has 0 aliphatic heterocycles. The van der Waals surface area contributed by atoms with E-state index in [1.54, 1.807) is 25.1 Å². The van der Waals surface area contributed by atoms with Gasteiger partial charge in [0.2, 0.25) is 11.0 Å². The highest BCUT2D eigenvalue weighted by atomic mass is 35.5. The van der Waals surface area contributed by atoms with Gasteiger partial charge in [-0.05, 0) is 36.7 Å². The van der Waals surface area contributed by atoms with Crippen molar-refractivity contribution in [2.45, 2.75) is 11.3 Å². The van der Waals surface area contributed by atoms with E-state index >= 15 is 0 Å². The van der Waals surface area contributed by atoms with Gasteiger partial charge in [-0.2, -0.15) is 0 Å². The van der Waals surface area contributed by atoms with Crippen LogP contribution in [0.25, 0.3) is 0 Å². The van der Waals surface area contributed by atoms with Crippen LogP contribution < -0.4 is 10.6 Å². The molecule has 0 spiro atoms. The summed E-state index contributed by atoms with van der Waals surface area (Å²) in [6, 6.07) is 4.83. The Bertz CT molecular complexity index is 993. The lowest BCUT2D eigenvalue weighted by Gasteiger charge is -2.05. The number of anilines is 2. The summed E-state index contributed by atoms with van der Waals surface area (Å²) in [7, 11) is 0. The van der Waals surface area contributed by atoms with Gasteiger partial charge in [0, 0.05) is 5.69 Å². The van der Waals surface area contributed by atoms with Crippen molar-refractivity contribution in [3.05, 3.63) is 38.8 Å². The van der Waals surface area contributed by atoms with Crippen LogP contribution in [0.2, 0.25) is 10.0 Å². The average Bonchev–Trinajstić information content (AvgIpc) is 3.25. The third-order valence-electron chi connectivity index (χ3n) is 3.01. The highest BCUT2D eigenvalue weighted by Gasteiger charge is 2.16. The Labute approximate surface area is 175 Å². The van der Waals surface area contributed by atoms with Crippen molar-refractivity contribution >= 4 is 80.5 Å². The lowest BCUT2D eigenvalue weighted by molar-refractivity contribution is -0.113. The Hall–Kier alpha value is -1.79. The first-order valence-corrected chi connectivity index (χ1v) is 10.6. The molecule has 8 nitrogen and oxygen atoms in total. The second-order valence-electron chi connectivity index (χ2n) is 4.98. The monoisotopic (exact) mass is 460 g/mol. The summed E-state index contributed by atoms with van der Waals surface area (Å²) < 4.78 is 4.27. The number of nitrogens with zero attached hydrogens (tertiary/aromatic N) is 4. The second-order valence-corrected chi connectivity index (χ2v) is 8.75. The number of carbonyl (C=O) groups is 2. The van der Waals surface area contributed by atoms with Crippen molar-refractivity contribution in [3.8, 4) is 0 Å². The molecule has 140 valence electrons. The van der Waals surface area contributed by atoms with Crippen LogP contribution in [0.15, 0.2) is 22.5 Å². The molecule has 2 N–H and O–H groups in total. The number of hydrogen-bond acceptors (Lipinski definition) is 9. The van der Waals surface area contributed by atoms with Gasteiger partial charge in [-0.25, -0.2) is 0 Å². The minimum absolute atomic E-state index is 0.126. The zero-order chi connectivity index (χ0) is 19.4. The molecule has 0 unspecified atom stereocenters. The minimum atomic E-state index is -0.340. The first kappa shape index (κ1) is 20.0. The molecule has 0 aliphatic rings. The summed E-state index contributed by atoms with van der Waals surface area (Å²) >= 11 is 15.1. The number of carbonyl (C=O) groups excluding carboxylic acids is 2. The molecular weight excluding hydrogens is 451 g/mol. The van der Waals surface area contributed by atoms with Gasteiger partial charge in [0.1, 0.15) is 4.88 Å². The third kappa shape index (κ3) is 5.36. The normalized spacial score (nSPS) is 10.6. The van der Waals surface area contributed by atoms with E-state index in [1.807, 2.05) is 0 Å². The lowest BCUT2D eigenvalue weighted by atomic mass is 10.3. The standard InChI is InChI=1S/C14H10Cl2N6O2S3/c1-6-11(27-22-19-6)12(24)18-13-20-21-14(26-13)25-5-10(23)17-7-2-3-8(15)9(16)4-7/h2-4H,5H2,1H3,(H,17,23)(H,18,20,24). The molecule has 0 fully saturated rings. The number of benzene rings is 1. The van der Waals surface area contributed by atoms with E-state index in [0.717, 1.165) is 11.5 Å². The highest BCUT2D eigenvalue weighted by molar-refractivity contribution is 8.01. The smallest absolute Gasteiger partial charge is 0.271 e. The van der Waals surface area contributed by atoms with Crippen LogP contribution in [0, 0.1) is 6.92 Å². The van der Waals surface area contributed by atoms with E-state index in [9.17, 15) is 9.59 Å². The quantitative estimate of drug-likeness (QED) is 0.422. The van der Waals surface area contributed by atoms with Gasteiger partial charge in [0.05, 0.1) is 21.5 Å². The molecule has 2 heterocycles. The molecule has 2 aromatic heterocycles. The number of hydrogen-bond donors (Lipinski definition) is 2. The zero-order valence-corrected chi connectivity index (χ0v) is 17.5. The lowest BCUT2D eigenvalue weighted by Crippen LogP contribution is -2.13. The van der Waals surface area contributed by atoms with Gasteiger partial charge in [-0.3, -0.25) is 14.9 Å². The second kappa shape index (κ2) is 8.93. The van der Waals surface area contributed by atoms with Gasteiger partial charge >= 0.3 is 0 Å². The Kier molecular flexibility index (Phi) is 6.60. The van der Waals surface area contributed by atoms with E-state index in [-0.39, 0.29) is 17.6 Å². The number of rotatable bonds is 6. The van der Waals surface area contributed by atoms with Crippen LogP contribution in [0.3, 0.4) is 0 Å². The zero-order valence-electron chi connectivity index (χ0n) is 13.5. The molecule has 0 saturated heterocycles. The molecule has 1 aromatic carbocycles. The Morgan fingerprint density at radius 3 is 2.67 bits per heavy atom. The van der Waals surface area contributed by atoms with Crippen LogP contribution in [-0.2, 0) is 4.79 Å². The third-order valence-corrected chi connectivity index (χ3v) is 6.55. The number of halogens is 2. The summed E-state index contributed by atoms with van der Waals surface area (Å²) in [5.74, 6) is -0.446. The van der Waals surface area contributed by atoms with Crippen molar-refractivity contribution in [2.24, 2.45) is 0 Å². The first-order valence-electron chi connectivity index (χ1n) is 7.24. The van der Waals surface area contributed by atoms with Crippen molar-refractivity contribution in [3.63, 3.8) is 0 Å². The summed E-state index contributed by atoms with van der Waals surface area (Å²) in [6.45, 7) is 1.70. The maximum atomic E-state index is 12.1. The van der Waals surface area contributed by atoms with Gasteiger partial charge in [-0.1, -0.05) is 50.8 Å². The Balaban J connectivity index is 1.51. The van der Waals surface area contributed by atoms with Gasteiger partial charge in [0.25, 0.3) is 5.91 Å². The van der Waals surface area contributed by atoms with Crippen molar-refractivity contribution in [2.75, 3.05) is 16.4 Å². The summed E-state index contributed by atoms with van der Waals surface area (Å²) in [4.78, 5) is 24.5. The summed E-state index contributed by atoms with van der Waals surface area (Å²) in [6.07, 6.45) is 0. The van der Waals surface area contributed by atoms with Crippen LogP contribution in [-0.4, -0.2) is 37.4 Å². The summed E-state index contributed by atoms with van der Waals surface area (Å²) in [5, 5.41) is 18.1. The average molecular weight is 461 g/mol. The number of aromatic nitrogens is 4. The molecule has 0 saturated carbocycles. The minimum Gasteiger partial charge on any atom is -0.325 e. The van der Waals surface area contributed by atoms with Gasteiger partial charge in [0.15, 0.2) is 4.34 Å². The topological polar surface area (TPSA) is 110 Å². The van der Waals surface area contributed by atoms with E-state index in [0.29, 0.717) is 35.8 Å². The first-order chi connectivity index (χ1) is 12.9. The molecule has 27 heavy (non-hydrogen) atoms.